The first-order valence-corrected chi connectivity index (χ1v) is 5.80. The molecule has 1 heterocycles. The zero-order chi connectivity index (χ0) is 13.0. The zero-order valence-corrected chi connectivity index (χ0v) is 9.72. The number of aromatic nitrogens is 2. The predicted octanol–water partition coefficient (Wildman–Crippen LogP) is 3.71. The summed E-state index contributed by atoms with van der Waals surface area (Å²) in [6, 6.07) is 7.56. The van der Waals surface area contributed by atoms with Crippen molar-refractivity contribution in [1.29, 1.82) is 0 Å². The van der Waals surface area contributed by atoms with E-state index in [4.69, 9.17) is 0 Å². The molecule has 2 rings (SSSR count). The van der Waals surface area contributed by atoms with E-state index in [0.29, 0.717) is 18.9 Å². The molecule has 0 fully saturated rings. The van der Waals surface area contributed by atoms with E-state index in [1.54, 1.807) is 0 Å². The maximum absolute atomic E-state index is 11.9. The Labute approximate surface area is 102 Å². The number of fused-ring (bicyclic) bond motifs is 1. The number of alkyl halides is 3. The van der Waals surface area contributed by atoms with Crippen molar-refractivity contribution in [2.24, 2.45) is 0 Å². The fourth-order valence-corrected chi connectivity index (χ4v) is 1.69. The number of aromatic amines is 1. The topological polar surface area (TPSA) is 40.7 Å². The van der Waals surface area contributed by atoms with Gasteiger partial charge in [0.1, 0.15) is 0 Å². The fraction of sp³-hybridized carbons (Fsp3) is 0.417. The molecule has 0 radical (unpaired) electrons. The number of nitrogens with zero attached hydrogens (tertiary/aromatic N) is 1. The molecule has 0 saturated carbocycles. The maximum Gasteiger partial charge on any atom is 0.389 e. The molecule has 2 aromatic rings. The van der Waals surface area contributed by atoms with Gasteiger partial charge in [-0.25, -0.2) is 4.98 Å². The Hall–Kier alpha value is -1.72. The minimum atomic E-state index is -4.06. The highest BCUT2D eigenvalue weighted by Crippen LogP contribution is 2.22. The fourth-order valence-electron chi connectivity index (χ4n) is 1.69. The van der Waals surface area contributed by atoms with Crippen molar-refractivity contribution in [3.05, 3.63) is 24.3 Å². The minimum absolute atomic E-state index is 0.136. The molecule has 0 aliphatic carbocycles. The van der Waals surface area contributed by atoms with E-state index < -0.39 is 12.6 Å². The van der Waals surface area contributed by atoms with Crippen LogP contribution in [0.25, 0.3) is 11.0 Å². The highest BCUT2D eigenvalue weighted by molar-refractivity contribution is 5.77. The molecule has 0 atom stereocenters. The van der Waals surface area contributed by atoms with Crippen LogP contribution in [-0.4, -0.2) is 22.7 Å². The molecular formula is C12H14F3N3. The number of benzene rings is 1. The quantitative estimate of drug-likeness (QED) is 0.802. The van der Waals surface area contributed by atoms with Crippen molar-refractivity contribution in [2.45, 2.75) is 25.4 Å². The summed E-state index contributed by atoms with van der Waals surface area (Å²) in [7, 11) is 0. The highest BCUT2D eigenvalue weighted by Gasteiger charge is 2.25. The van der Waals surface area contributed by atoms with Gasteiger partial charge in [-0.2, -0.15) is 13.2 Å². The summed E-state index contributed by atoms with van der Waals surface area (Å²) in [5.74, 6) is 0.600. The molecule has 0 amide bonds. The van der Waals surface area contributed by atoms with E-state index in [2.05, 4.69) is 15.3 Å². The third-order valence-electron chi connectivity index (χ3n) is 2.57. The van der Waals surface area contributed by atoms with Gasteiger partial charge in [-0.05, 0) is 25.0 Å². The largest absolute Gasteiger partial charge is 0.389 e. The number of hydrogen-bond donors (Lipinski definition) is 2. The predicted molar refractivity (Wildman–Crippen MR) is 64.5 cm³/mol. The molecule has 0 aliphatic heterocycles. The number of halogens is 3. The summed E-state index contributed by atoms with van der Waals surface area (Å²) in [6.45, 7) is 0.482. The number of hydrogen-bond acceptors (Lipinski definition) is 2. The van der Waals surface area contributed by atoms with Crippen molar-refractivity contribution < 1.29 is 13.2 Å². The first-order chi connectivity index (χ1) is 8.54. The molecule has 0 unspecified atom stereocenters. The van der Waals surface area contributed by atoms with Crippen LogP contribution in [-0.2, 0) is 0 Å². The monoisotopic (exact) mass is 257 g/mol. The number of unbranched alkanes of at least 4 members (excludes halogenated alkanes) is 1. The van der Waals surface area contributed by atoms with Crippen LogP contribution in [0, 0.1) is 0 Å². The smallest absolute Gasteiger partial charge is 0.356 e. The van der Waals surface area contributed by atoms with Crippen LogP contribution in [0.15, 0.2) is 24.3 Å². The maximum atomic E-state index is 11.9. The molecule has 3 nitrogen and oxygen atoms in total. The van der Waals surface area contributed by atoms with Gasteiger partial charge in [-0.1, -0.05) is 12.1 Å². The lowest BCUT2D eigenvalue weighted by Gasteiger charge is -2.05. The summed E-state index contributed by atoms with van der Waals surface area (Å²) in [5.41, 5.74) is 1.76. The van der Waals surface area contributed by atoms with Gasteiger partial charge in [-0.15, -0.1) is 0 Å². The lowest BCUT2D eigenvalue weighted by Crippen LogP contribution is -2.09. The van der Waals surface area contributed by atoms with Crippen molar-refractivity contribution in [2.75, 3.05) is 11.9 Å². The second-order valence-corrected chi connectivity index (χ2v) is 4.10. The van der Waals surface area contributed by atoms with Gasteiger partial charge in [0.15, 0.2) is 0 Å². The van der Waals surface area contributed by atoms with Crippen molar-refractivity contribution in [1.82, 2.24) is 9.97 Å². The molecule has 18 heavy (non-hydrogen) atoms. The third kappa shape index (κ3) is 3.65. The van der Waals surface area contributed by atoms with E-state index in [-0.39, 0.29) is 6.42 Å². The molecule has 0 saturated heterocycles. The van der Waals surface area contributed by atoms with Crippen molar-refractivity contribution in [3.63, 3.8) is 0 Å². The number of nitrogens with one attached hydrogen (secondary N) is 2. The summed E-state index contributed by atoms with van der Waals surface area (Å²) in [4.78, 5) is 7.33. The Bertz CT molecular complexity index is 471. The standard InChI is InChI=1S/C12H14F3N3/c13-12(14,15)7-3-4-8-16-11-17-9-5-1-2-6-10(9)18-11/h1-2,5-6H,3-4,7-8H2,(H2,16,17,18). The average Bonchev–Trinajstić information content (AvgIpc) is 2.69. The van der Waals surface area contributed by atoms with Crippen LogP contribution in [0.1, 0.15) is 19.3 Å². The Kier molecular flexibility index (Phi) is 3.74. The molecule has 0 spiro atoms. The molecule has 1 aromatic heterocycles. The Balaban J connectivity index is 1.77. The van der Waals surface area contributed by atoms with Gasteiger partial charge in [-0.3, -0.25) is 0 Å². The van der Waals surface area contributed by atoms with Crippen LogP contribution in [0.5, 0.6) is 0 Å². The highest BCUT2D eigenvalue weighted by atomic mass is 19.4. The number of H-pyrrole nitrogens is 1. The van der Waals surface area contributed by atoms with Gasteiger partial charge in [0, 0.05) is 13.0 Å². The van der Waals surface area contributed by atoms with Crippen LogP contribution in [0.2, 0.25) is 0 Å². The average molecular weight is 257 g/mol. The lowest BCUT2D eigenvalue weighted by atomic mass is 10.2. The van der Waals surface area contributed by atoms with Crippen LogP contribution in [0.3, 0.4) is 0 Å². The summed E-state index contributed by atoms with van der Waals surface area (Å²) < 4.78 is 35.7. The van der Waals surface area contributed by atoms with Crippen molar-refractivity contribution >= 4 is 17.0 Å². The van der Waals surface area contributed by atoms with Gasteiger partial charge in [0.05, 0.1) is 11.0 Å². The third-order valence-corrected chi connectivity index (χ3v) is 2.57. The Morgan fingerprint density at radius 1 is 1.17 bits per heavy atom. The number of anilines is 1. The van der Waals surface area contributed by atoms with Crippen LogP contribution in [0.4, 0.5) is 19.1 Å². The second-order valence-electron chi connectivity index (χ2n) is 4.10. The van der Waals surface area contributed by atoms with Crippen LogP contribution < -0.4 is 5.32 Å². The van der Waals surface area contributed by atoms with Gasteiger partial charge >= 0.3 is 6.18 Å². The molecular weight excluding hydrogens is 243 g/mol. The molecule has 6 heteroatoms. The van der Waals surface area contributed by atoms with E-state index >= 15 is 0 Å². The SMILES string of the molecule is FC(F)(F)CCCCNc1nc2ccccc2[nH]1. The summed E-state index contributed by atoms with van der Waals surface area (Å²) >= 11 is 0. The molecule has 2 N–H and O–H groups in total. The van der Waals surface area contributed by atoms with E-state index in [9.17, 15) is 13.2 Å². The number of rotatable bonds is 5. The minimum Gasteiger partial charge on any atom is -0.356 e. The molecule has 0 aliphatic rings. The Morgan fingerprint density at radius 3 is 2.67 bits per heavy atom. The lowest BCUT2D eigenvalue weighted by molar-refractivity contribution is -0.135. The van der Waals surface area contributed by atoms with E-state index in [1.807, 2.05) is 24.3 Å². The van der Waals surface area contributed by atoms with Crippen LogP contribution >= 0.6 is 0 Å². The van der Waals surface area contributed by atoms with E-state index in [1.165, 1.54) is 0 Å². The Morgan fingerprint density at radius 2 is 1.94 bits per heavy atom. The summed E-state index contributed by atoms with van der Waals surface area (Å²) in [5, 5.41) is 2.99. The molecule has 98 valence electrons. The first-order valence-electron chi connectivity index (χ1n) is 5.80. The second kappa shape index (κ2) is 5.29. The first kappa shape index (κ1) is 12.7. The van der Waals surface area contributed by atoms with E-state index in [0.717, 1.165) is 11.0 Å². The zero-order valence-electron chi connectivity index (χ0n) is 9.72. The number of imidazole rings is 1. The van der Waals surface area contributed by atoms with Crippen molar-refractivity contribution in [3.8, 4) is 0 Å². The number of para-hydroxylation sites is 2. The molecule has 0 bridgehead atoms. The normalized spacial score (nSPS) is 11.9. The van der Waals surface area contributed by atoms with Gasteiger partial charge in [0.25, 0.3) is 0 Å². The van der Waals surface area contributed by atoms with Gasteiger partial charge in [0.2, 0.25) is 5.95 Å². The molecule has 1 aromatic carbocycles. The van der Waals surface area contributed by atoms with Gasteiger partial charge < -0.3 is 10.3 Å². The summed E-state index contributed by atoms with van der Waals surface area (Å²) in [6.07, 6.45) is -4.18.